The van der Waals surface area contributed by atoms with Crippen LogP contribution in [0.4, 0.5) is 5.69 Å². The molecule has 1 aliphatic carbocycles. The summed E-state index contributed by atoms with van der Waals surface area (Å²) in [6, 6.07) is 7.78. The van der Waals surface area contributed by atoms with Crippen LogP contribution in [0.15, 0.2) is 24.3 Å². The van der Waals surface area contributed by atoms with E-state index >= 15 is 0 Å². The number of hydrogen-bond acceptors (Lipinski definition) is 4. The van der Waals surface area contributed by atoms with Gasteiger partial charge in [-0.15, -0.1) is 11.8 Å². The Hall–Kier alpha value is -2.02. The minimum atomic E-state index is -0.239. The van der Waals surface area contributed by atoms with Gasteiger partial charge in [0.2, 0.25) is 17.7 Å². The van der Waals surface area contributed by atoms with Crippen molar-refractivity contribution in [3.8, 4) is 0 Å². The molecule has 0 radical (unpaired) electrons. The summed E-state index contributed by atoms with van der Waals surface area (Å²) in [5.41, 5.74) is 1.87. The number of anilines is 1. The van der Waals surface area contributed by atoms with Crippen LogP contribution in [0.5, 0.6) is 0 Å². The normalized spacial score (nSPS) is 14.5. The van der Waals surface area contributed by atoms with E-state index in [2.05, 4.69) is 16.0 Å². The highest BCUT2D eigenvalue weighted by Gasteiger charge is 2.16. The summed E-state index contributed by atoms with van der Waals surface area (Å²) in [5.74, 6) is -0.195. The summed E-state index contributed by atoms with van der Waals surface area (Å²) < 4.78 is 0. The van der Waals surface area contributed by atoms with Gasteiger partial charge in [-0.25, -0.2) is 0 Å². The number of aryl methyl sites for hydroxylation is 1. The molecule has 1 aliphatic rings. The smallest absolute Gasteiger partial charge is 0.239 e. The van der Waals surface area contributed by atoms with Gasteiger partial charge in [0, 0.05) is 11.7 Å². The third-order valence-electron chi connectivity index (χ3n) is 4.22. The molecule has 1 aromatic rings. The lowest BCUT2D eigenvalue weighted by atomic mass is 9.95. The number of benzene rings is 1. The highest BCUT2D eigenvalue weighted by molar-refractivity contribution is 8.00. The Labute approximate surface area is 158 Å². The predicted molar refractivity (Wildman–Crippen MR) is 105 cm³/mol. The molecule has 0 spiro atoms. The van der Waals surface area contributed by atoms with E-state index in [4.69, 9.17) is 0 Å². The van der Waals surface area contributed by atoms with E-state index in [1.165, 1.54) is 18.2 Å². The van der Waals surface area contributed by atoms with Gasteiger partial charge in [-0.05, 0) is 31.9 Å². The lowest BCUT2D eigenvalue weighted by molar-refractivity contribution is -0.125. The van der Waals surface area contributed by atoms with E-state index in [-0.39, 0.29) is 41.8 Å². The van der Waals surface area contributed by atoms with Crippen LogP contribution in [-0.4, -0.2) is 41.8 Å². The zero-order valence-corrected chi connectivity index (χ0v) is 16.0. The Morgan fingerprint density at radius 1 is 0.962 bits per heavy atom. The fourth-order valence-corrected chi connectivity index (χ4v) is 3.47. The van der Waals surface area contributed by atoms with E-state index in [0.29, 0.717) is 0 Å². The molecule has 0 bridgehead atoms. The van der Waals surface area contributed by atoms with Gasteiger partial charge in [-0.1, -0.05) is 37.0 Å². The van der Waals surface area contributed by atoms with Gasteiger partial charge >= 0.3 is 0 Å². The standard InChI is InChI=1S/C19H27N3O3S/c1-14-7-9-16(10-8-14)22-19(25)13-26-12-18(24)20-11-17(23)21-15-5-3-2-4-6-15/h7-10,15H,2-6,11-13H2,1H3,(H,20,24)(H,21,23)(H,22,25). The van der Waals surface area contributed by atoms with Crippen molar-refractivity contribution in [2.24, 2.45) is 0 Å². The lowest BCUT2D eigenvalue weighted by Crippen LogP contribution is -2.43. The number of thioether (sulfide) groups is 1. The van der Waals surface area contributed by atoms with Crippen molar-refractivity contribution in [2.75, 3.05) is 23.4 Å². The molecule has 2 rings (SSSR count). The van der Waals surface area contributed by atoms with Crippen molar-refractivity contribution in [1.29, 1.82) is 0 Å². The fraction of sp³-hybridized carbons (Fsp3) is 0.526. The third-order valence-corrected chi connectivity index (χ3v) is 5.15. The Balaban J connectivity index is 1.55. The van der Waals surface area contributed by atoms with Crippen molar-refractivity contribution in [3.63, 3.8) is 0 Å². The van der Waals surface area contributed by atoms with E-state index in [1.807, 2.05) is 31.2 Å². The molecule has 142 valence electrons. The Morgan fingerprint density at radius 3 is 2.31 bits per heavy atom. The predicted octanol–water partition coefficient (Wildman–Crippen LogP) is 2.23. The topological polar surface area (TPSA) is 87.3 Å². The van der Waals surface area contributed by atoms with E-state index in [0.717, 1.165) is 36.9 Å². The molecule has 0 saturated heterocycles. The molecule has 26 heavy (non-hydrogen) atoms. The molecular formula is C19H27N3O3S. The van der Waals surface area contributed by atoms with Gasteiger partial charge in [0.15, 0.2) is 0 Å². The van der Waals surface area contributed by atoms with Crippen LogP contribution in [0.2, 0.25) is 0 Å². The summed E-state index contributed by atoms with van der Waals surface area (Å²) in [5, 5.41) is 8.34. The molecule has 0 heterocycles. The second-order valence-corrected chi connectivity index (χ2v) is 7.57. The van der Waals surface area contributed by atoms with Gasteiger partial charge in [0.1, 0.15) is 0 Å². The maximum atomic E-state index is 11.8. The van der Waals surface area contributed by atoms with Crippen LogP contribution in [-0.2, 0) is 14.4 Å². The van der Waals surface area contributed by atoms with Crippen LogP contribution in [0.3, 0.4) is 0 Å². The van der Waals surface area contributed by atoms with Crippen molar-refractivity contribution in [2.45, 2.75) is 45.1 Å². The highest BCUT2D eigenvalue weighted by atomic mass is 32.2. The summed E-state index contributed by atoms with van der Waals surface area (Å²) in [7, 11) is 0. The van der Waals surface area contributed by atoms with Gasteiger partial charge in [0.05, 0.1) is 18.1 Å². The second kappa shape index (κ2) is 10.9. The second-order valence-electron chi connectivity index (χ2n) is 6.59. The molecule has 3 amide bonds. The fourth-order valence-electron chi connectivity index (χ4n) is 2.83. The number of nitrogens with one attached hydrogen (secondary N) is 3. The SMILES string of the molecule is Cc1ccc(NC(=O)CSCC(=O)NCC(=O)NC2CCCCC2)cc1. The first-order chi connectivity index (χ1) is 12.5. The number of carbonyl (C=O) groups excluding carboxylic acids is 3. The average Bonchev–Trinajstić information content (AvgIpc) is 2.63. The minimum absolute atomic E-state index is 0.00848. The summed E-state index contributed by atoms with van der Waals surface area (Å²) >= 11 is 1.22. The lowest BCUT2D eigenvalue weighted by Gasteiger charge is -2.22. The molecule has 0 aromatic heterocycles. The summed E-state index contributed by atoms with van der Waals surface area (Å²) in [4.78, 5) is 35.4. The van der Waals surface area contributed by atoms with E-state index < -0.39 is 0 Å². The zero-order valence-electron chi connectivity index (χ0n) is 15.2. The molecule has 0 atom stereocenters. The maximum Gasteiger partial charge on any atom is 0.239 e. The Morgan fingerprint density at radius 2 is 1.62 bits per heavy atom. The van der Waals surface area contributed by atoms with Crippen molar-refractivity contribution in [3.05, 3.63) is 29.8 Å². The summed E-state index contributed by atoms with van der Waals surface area (Å²) in [6.45, 7) is 1.97. The third kappa shape index (κ3) is 7.91. The summed E-state index contributed by atoms with van der Waals surface area (Å²) in [6.07, 6.45) is 5.58. The molecule has 1 fully saturated rings. The molecule has 0 unspecified atom stereocenters. The number of carbonyl (C=O) groups is 3. The van der Waals surface area contributed by atoms with Gasteiger partial charge < -0.3 is 16.0 Å². The first-order valence-corrected chi connectivity index (χ1v) is 10.2. The Kier molecular flexibility index (Phi) is 8.47. The quantitative estimate of drug-likeness (QED) is 0.648. The van der Waals surface area contributed by atoms with Gasteiger partial charge in [-0.2, -0.15) is 0 Å². The van der Waals surface area contributed by atoms with Crippen LogP contribution < -0.4 is 16.0 Å². The zero-order chi connectivity index (χ0) is 18.8. The van der Waals surface area contributed by atoms with Gasteiger partial charge in [0.25, 0.3) is 0 Å². The molecule has 3 N–H and O–H groups in total. The van der Waals surface area contributed by atoms with Crippen molar-refractivity contribution in [1.82, 2.24) is 10.6 Å². The van der Waals surface area contributed by atoms with Crippen LogP contribution in [0, 0.1) is 6.92 Å². The van der Waals surface area contributed by atoms with Crippen molar-refractivity contribution >= 4 is 35.2 Å². The molecule has 7 heteroatoms. The molecule has 1 aromatic carbocycles. The van der Waals surface area contributed by atoms with Crippen LogP contribution in [0.1, 0.15) is 37.7 Å². The van der Waals surface area contributed by atoms with E-state index in [1.54, 1.807) is 0 Å². The highest BCUT2D eigenvalue weighted by Crippen LogP contribution is 2.17. The van der Waals surface area contributed by atoms with Crippen molar-refractivity contribution < 1.29 is 14.4 Å². The van der Waals surface area contributed by atoms with Crippen LogP contribution in [0.25, 0.3) is 0 Å². The molecule has 1 saturated carbocycles. The number of rotatable bonds is 8. The first-order valence-electron chi connectivity index (χ1n) is 9.03. The van der Waals surface area contributed by atoms with E-state index in [9.17, 15) is 14.4 Å². The minimum Gasteiger partial charge on any atom is -0.352 e. The number of amides is 3. The monoisotopic (exact) mass is 377 g/mol. The Bertz CT molecular complexity index is 613. The van der Waals surface area contributed by atoms with Crippen LogP contribution >= 0.6 is 11.8 Å². The largest absolute Gasteiger partial charge is 0.352 e. The molecular weight excluding hydrogens is 350 g/mol. The molecule has 0 aliphatic heterocycles. The maximum absolute atomic E-state index is 11.8. The number of hydrogen-bond donors (Lipinski definition) is 3. The average molecular weight is 378 g/mol. The van der Waals surface area contributed by atoms with Gasteiger partial charge in [-0.3, -0.25) is 14.4 Å². The molecule has 6 nitrogen and oxygen atoms in total. The first kappa shape index (κ1) is 20.3.